The largest absolute Gasteiger partial charge is 0.380 e. The molecule has 4 rings (SSSR count). The van der Waals surface area contributed by atoms with Gasteiger partial charge in [0.05, 0.1) is 25.5 Å². The molecule has 3 heterocycles. The van der Waals surface area contributed by atoms with Gasteiger partial charge in [-0.1, -0.05) is 12.1 Å². The smallest absolute Gasteiger partial charge is 0.254 e. The Bertz CT molecular complexity index is 1060. The Morgan fingerprint density at radius 1 is 1.19 bits per heavy atom. The van der Waals surface area contributed by atoms with Crippen molar-refractivity contribution >= 4 is 11.9 Å². The number of carbonyl (C=O) groups excluding carboxylic acids is 1. The highest BCUT2D eigenvalue weighted by atomic mass is 16.5. The summed E-state index contributed by atoms with van der Waals surface area (Å²) in [6, 6.07) is 7.50. The molecule has 3 aromatic rings. The number of methoxy groups -OCH3 is 1. The molecule has 0 aliphatic carbocycles. The van der Waals surface area contributed by atoms with Gasteiger partial charge in [-0.25, -0.2) is 19.9 Å². The number of carbonyl (C=O) groups is 1. The molecule has 1 fully saturated rings. The SMILES string of the molecule is COCc1ccc(C(=O)N2CCO[C@H](c3nc(N(C)C)ncc3-c3cncnc3)C2)cc1. The maximum atomic E-state index is 13.2. The summed E-state index contributed by atoms with van der Waals surface area (Å²) in [5.74, 6) is 0.537. The summed E-state index contributed by atoms with van der Waals surface area (Å²) in [6.07, 6.45) is 6.29. The van der Waals surface area contributed by atoms with Gasteiger partial charge in [-0.2, -0.15) is 0 Å². The Hall–Kier alpha value is -3.43. The van der Waals surface area contributed by atoms with Crippen molar-refractivity contribution in [3.63, 3.8) is 0 Å². The molecule has 0 saturated carbocycles. The molecule has 9 nitrogen and oxygen atoms in total. The lowest BCUT2D eigenvalue weighted by atomic mass is 10.0. The predicted octanol–water partition coefficient (Wildman–Crippen LogP) is 2.36. The van der Waals surface area contributed by atoms with Crippen molar-refractivity contribution in [1.29, 1.82) is 0 Å². The number of hydrogen-bond donors (Lipinski definition) is 0. The van der Waals surface area contributed by atoms with E-state index in [-0.39, 0.29) is 5.91 Å². The van der Waals surface area contributed by atoms with Gasteiger partial charge in [0, 0.05) is 63.0 Å². The molecule has 1 aliphatic rings. The predicted molar refractivity (Wildman–Crippen MR) is 119 cm³/mol. The standard InChI is InChI=1S/C23H26N6O3/c1-28(2)23-26-12-19(18-10-24-15-25-11-18)21(27-23)20-13-29(8-9-32-20)22(30)17-6-4-16(5-7-17)14-31-3/h4-7,10-12,15,20H,8-9,13-14H2,1-3H3/t20-/m0/s1. The van der Waals surface area contributed by atoms with E-state index in [9.17, 15) is 4.79 Å². The first-order valence-electron chi connectivity index (χ1n) is 10.3. The van der Waals surface area contributed by atoms with Gasteiger partial charge in [0.2, 0.25) is 5.95 Å². The van der Waals surface area contributed by atoms with Crippen molar-refractivity contribution in [1.82, 2.24) is 24.8 Å². The third kappa shape index (κ3) is 4.74. The highest BCUT2D eigenvalue weighted by Crippen LogP contribution is 2.31. The molecule has 1 amide bonds. The summed E-state index contributed by atoms with van der Waals surface area (Å²) >= 11 is 0. The van der Waals surface area contributed by atoms with E-state index in [0.717, 1.165) is 16.7 Å². The van der Waals surface area contributed by atoms with Crippen molar-refractivity contribution in [2.45, 2.75) is 12.7 Å². The lowest BCUT2D eigenvalue weighted by Gasteiger charge is -2.33. The highest BCUT2D eigenvalue weighted by Gasteiger charge is 2.29. The second-order valence-corrected chi connectivity index (χ2v) is 7.73. The van der Waals surface area contributed by atoms with E-state index >= 15 is 0 Å². The summed E-state index contributed by atoms with van der Waals surface area (Å²) in [6.45, 7) is 1.85. The molecule has 166 valence electrons. The van der Waals surface area contributed by atoms with Crippen LogP contribution in [0.4, 0.5) is 5.95 Å². The fraction of sp³-hybridized carbons (Fsp3) is 0.348. The highest BCUT2D eigenvalue weighted by molar-refractivity contribution is 5.94. The van der Waals surface area contributed by atoms with Gasteiger partial charge in [0.1, 0.15) is 12.4 Å². The van der Waals surface area contributed by atoms with Gasteiger partial charge in [-0.05, 0) is 17.7 Å². The van der Waals surface area contributed by atoms with Crippen LogP contribution in [0.2, 0.25) is 0 Å². The first-order valence-corrected chi connectivity index (χ1v) is 10.3. The molecule has 2 aromatic heterocycles. The van der Waals surface area contributed by atoms with Crippen LogP contribution in [0.3, 0.4) is 0 Å². The van der Waals surface area contributed by atoms with Crippen molar-refractivity contribution in [2.75, 3.05) is 45.8 Å². The van der Waals surface area contributed by atoms with Crippen LogP contribution < -0.4 is 4.90 Å². The third-order valence-electron chi connectivity index (χ3n) is 5.25. The summed E-state index contributed by atoms with van der Waals surface area (Å²) in [5, 5.41) is 0. The number of ether oxygens (including phenoxy) is 2. The Balaban J connectivity index is 1.61. The van der Waals surface area contributed by atoms with Gasteiger partial charge in [-0.3, -0.25) is 4.79 Å². The molecule has 32 heavy (non-hydrogen) atoms. The number of benzene rings is 1. The van der Waals surface area contributed by atoms with Crippen LogP contribution in [0.25, 0.3) is 11.1 Å². The van der Waals surface area contributed by atoms with Gasteiger partial charge in [-0.15, -0.1) is 0 Å². The van der Waals surface area contributed by atoms with Crippen molar-refractivity contribution in [3.8, 4) is 11.1 Å². The van der Waals surface area contributed by atoms with E-state index in [1.54, 1.807) is 25.7 Å². The maximum absolute atomic E-state index is 13.2. The van der Waals surface area contributed by atoms with Crippen LogP contribution in [0.5, 0.6) is 0 Å². The topological polar surface area (TPSA) is 93.6 Å². The van der Waals surface area contributed by atoms with Crippen LogP contribution in [0.1, 0.15) is 27.7 Å². The molecular weight excluding hydrogens is 408 g/mol. The normalized spacial score (nSPS) is 16.1. The molecule has 1 atom stereocenters. The number of aromatic nitrogens is 4. The molecule has 0 bridgehead atoms. The Labute approximate surface area is 187 Å². The summed E-state index contributed by atoms with van der Waals surface area (Å²) in [7, 11) is 5.42. The number of morpholine rings is 1. The maximum Gasteiger partial charge on any atom is 0.254 e. The van der Waals surface area contributed by atoms with Crippen LogP contribution in [0, 0.1) is 0 Å². The number of amides is 1. The van der Waals surface area contributed by atoms with Crippen molar-refractivity contribution in [3.05, 3.63) is 66.0 Å². The average molecular weight is 435 g/mol. The summed E-state index contributed by atoms with van der Waals surface area (Å²) in [5.41, 5.74) is 3.97. The minimum Gasteiger partial charge on any atom is -0.380 e. The molecular formula is C23H26N6O3. The summed E-state index contributed by atoms with van der Waals surface area (Å²) < 4.78 is 11.2. The lowest BCUT2D eigenvalue weighted by molar-refractivity contribution is -0.0244. The van der Waals surface area contributed by atoms with Gasteiger partial charge in [0.15, 0.2) is 0 Å². The molecule has 0 radical (unpaired) electrons. The third-order valence-corrected chi connectivity index (χ3v) is 5.25. The van der Waals surface area contributed by atoms with Crippen molar-refractivity contribution < 1.29 is 14.3 Å². The zero-order valence-electron chi connectivity index (χ0n) is 18.4. The van der Waals surface area contributed by atoms with E-state index in [1.165, 1.54) is 6.33 Å². The first-order chi connectivity index (χ1) is 15.6. The fourth-order valence-corrected chi connectivity index (χ4v) is 3.60. The molecule has 0 unspecified atom stereocenters. The summed E-state index contributed by atoms with van der Waals surface area (Å²) in [4.78, 5) is 34.2. The lowest BCUT2D eigenvalue weighted by Crippen LogP contribution is -2.42. The molecule has 0 N–H and O–H groups in total. The number of nitrogens with zero attached hydrogens (tertiary/aromatic N) is 6. The monoisotopic (exact) mass is 434 g/mol. The number of anilines is 1. The van der Waals surface area contributed by atoms with Crippen molar-refractivity contribution in [2.24, 2.45) is 0 Å². The molecule has 1 aromatic carbocycles. The van der Waals surface area contributed by atoms with Crippen LogP contribution in [-0.4, -0.2) is 71.6 Å². The van der Waals surface area contributed by atoms with E-state index < -0.39 is 6.10 Å². The van der Waals surface area contributed by atoms with E-state index in [4.69, 9.17) is 14.5 Å². The zero-order valence-corrected chi connectivity index (χ0v) is 18.4. The minimum atomic E-state index is -0.391. The van der Waals surface area contributed by atoms with Gasteiger partial charge in [0.25, 0.3) is 5.91 Å². The number of rotatable bonds is 6. The van der Waals surface area contributed by atoms with Crippen LogP contribution in [-0.2, 0) is 16.1 Å². The average Bonchev–Trinajstić information content (AvgIpc) is 2.84. The molecule has 1 aliphatic heterocycles. The van der Waals surface area contributed by atoms with E-state index in [2.05, 4.69) is 15.0 Å². The number of hydrogen-bond acceptors (Lipinski definition) is 8. The fourth-order valence-electron chi connectivity index (χ4n) is 3.60. The van der Waals surface area contributed by atoms with E-state index in [1.807, 2.05) is 48.2 Å². The Kier molecular flexibility index (Phi) is 6.67. The Morgan fingerprint density at radius 3 is 2.62 bits per heavy atom. The second kappa shape index (κ2) is 9.80. The minimum absolute atomic E-state index is 0.0336. The van der Waals surface area contributed by atoms with Crippen LogP contribution in [0.15, 0.2) is 49.2 Å². The zero-order chi connectivity index (χ0) is 22.5. The Morgan fingerprint density at radius 2 is 1.94 bits per heavy atom. The molecule has 9 heteroatoms. The van der Waals surface area contributed by atoms with Crippen LogP contribution >= 0.6 is 0 Å². The van der Waals surface area contributed by atoms with E-state index in [0.29, 0.717) is 43.5 Å². The molecule has 1 saturated heterocycles. The first kappa shape index (κ1) is 21.8. The van der Waals surface area contributed by atoms with Gasteiger partial charge >= 0.3 is 0 Å². The van der Waals surface area contributed by atoms with Gasteiger partial charge < -0.3 is 19.3 Å². The second-order valence-electron chi connectivity index (χ2n) is 7.73. The quantitative estimate of drug-likeness (QED) is 0.584. The molecule has 0 spiro atoms.